The molecule has 0 unspecified atom stereocenters. The van der Waals surface area contributed by atoms with Crippen LogP contribution in [0.1, 0.15) is 6.92 Å². The van der Waals surface area contributed by atoms with Gasteiger partial charge in [0, 0.05) is 11.8 Å². The van der Waals surface area contributed by atoms with Crippen molar-refractivity contribution in [1.29, 1.82) is 0 Å². The lowest BCUT2D eigenvalue weighted by Crippen LogP contribution is -2.09. The lowest BCUT2D eigenvalue weighted by atomic mass is 10.2. The molecule has 78 valence electrons. The van der Waals surface area contributed by atoms with E-state index in [-0.39, 0.29) is 11.3 Å². The largest absolute Gasteiger partial charge is 0.466 e. The van der Waals surface area contributed by atoms with Crippen LogP contribution < -0.4 is 5.73 Å². The van der Waals surface area contributed by atoms with Gasteiger partial charge in [-0.05, 0) is 13.0 Å². The molecule has 0 rings (SSSR count). The van der Waals surface area contributed by atoms with E-state index >= 15 is 0 Å². The number of hydrogen-bond donors (Lipinski definition) is 1. The van der Waals surface area contributed by atoms with Crippen LogP contribution in [0, 0.1) is 0 Å². The fourth-order valence-corrected chi connectivity index (χ4v) is 0.690. The Morgan fingerprint density at radius 3 is 2.07 bits per heavy atom. The quantitative estimate of drug-likeness (QED) is 0.397. The van der Waals surface area contributed by atoms with Crippen molar-refractivity contribution in [2.45, 2.75) is 6.92 Å². The van der Waals surface area contributed by atoms with Crippen molar-refractivity contribution in [3.63, 3.8) is 0 Å². The highest BCUT2D eigenvalue weighted by atomic mass is 16.5. The van der Waals surface area contributed by atoms with Crippen molar-refractivity contribution in [2.24, 2.45) is 5.73 Å². The molecule has 0 aromatic heterocycles. The second kappa shape index (κ2) is 5.80. The molecule has 0 saturated heterocycles. The molecule has 0 radical (unpaired) electrons. The molecule has 0 fully saturated rings. The standard InChI is InChI=1S/C9H13NO4/c1-6(10)7(9(12)14-3)4-5-8(11)13-2/h4-5H,10H2,1-3H3. The fourth-order valence-electron chi connectivity index (χ4n) is 0.690. The second-order valence-corrected chi connectivity index (χ2v) is 2.44. The van der Waals surface area contributed by atoms with Gasteiger partial charge in [0.2, 0.25) is 0 Å². The molecular formula is C9H13NO4. The van der Waals surface area contributed by atoms with Crippen molar-refractivity contribution < 1.29 is 19.1 Å². The lowest BCUT2D eigenvalue weighted by Gasteiger charge is -2.01. The summed E-state index contributed by atoms with van der Waals surface area (Å²) in [4.78, 5) is 21.8. The number of carbonyl (C=O) groups excluding carboxylic acids is 2. The molecule has 0 aromatic rings. The number of allylic oxidation sites excluding steroid dienone is 1. The first-order valence-corrected chi connectivity index (χ1v) is 3.83. The van der Waals surface area contributed by atoms with E-state index in [4.69, 9.17) is 5.73 Å². The molecule has 0 spiro atoms. The first-order chi connectivity index (χ1) is 6.52. The number of methoxy groups -OCH3 is 2. The molecule has 0 atom stereocenters. The molecule has 0 saturated carbocycles. The normalized spacial score (nSPS) is 12.2. The summed E-state index contributed by atoms with van der Waals surface area (Å²) in [6.45, 7) is 1.54. The lowest BCUT2D eigenvalue weighted by molar-refractivity contribution is -0.135. The van der Waals surface area contributed by atoms with Gasteiger partial charge >= 0.3 is 11.9 Å². The predicted octanol–water partition coefficient (Wildman–Crippen LogP) is 0.121. The van der Waals surface area contributed by atoms with Crippen molar-refractivity contribution >= 4 is 11.9 Å². The van der Waals surface area contributed by atoms with Crippen LogP contribution in [0.3, 0.4) is 0 Å². The summed E-state index contributed by atoms with van der Waals surface area (Å²) < 4.78 is 8.81. The molecule has 14 heavy (non-hydrogen) atoms. The van der Waals surface area contributed by atoms with E-state index < -0.39 is 11.9 Å². The minimum atomic E-state index is -0.592. The molecule has 0 bridgehead atoms. The van der Waals surface area contributed by atoms with Crippen LogP contribution in [-0.4, -0.2) is 26.2 Å². The minimum absolute atomic E-state index is 0.137. The summed E-state index contributed by atoms with van der Waals surface area (Å²) in [5, 5.41) is 0. The van der Waals surface area contributed by atoms with Gasteiger partial charge in [-0.1, -0.05) is 0 Å². The average Bonchev–Trinajstić information content (AvgIpc) is 2.16. The van der Waals surface area contributed by atoms with Crippen LogP contribution in [0.4, 0.5) is 0 Å². The zero-order chi connectivity index (χ0) is 11.1. The summed E-state index contributed by atoms with van der Waals surface area (Å²) in [5.74, 6) is -1.15. The van der Waals surface area contributed by atoms with E-state index in [1.807, 2.05) is 0 Å². The zero-order valence-electron chi connectivity index (χ0n) is 8.37. The van der Waals surface area contributed by atoms with Crippen molar-refractivity contribution in [3.05, 3.63) is 23.4 Å². The number of nitrogens with two attached hydrogens (primary N) is 1. The smallest absolute Gasteiger partial charge is 0.339 e. The van der Waals surface area contributed by atoms with Crippen LogP contribution in [-0.2, 0) is 19.1 Å². The van der Waals surface area contributed by atoms with Gasteiger partial charge in [-0.2, -0.15) is 0 Å². The molecule has 2 N–H and O–H groups in total. The Kier molecular flexibility index (Phi) is 5.06. The Hall–Kier alpha value is -1.78. The van der Waals surface area contributed by atoms with Gasteiger partial charge < -0.3 is 15.2 Å². The number of carbonyl (C=O) groups is 2. The van der Waals surface area contributed by atoms with E-state index in [9.17, 15) is 9.59 Å². The third-order valence-electron chi connectivity index (χ3n) is 1.42. The SMILES string of the molecule is COC(=O)C=CC(C(=O)OC)=C(C)N. The molecule has 5 heteroatoms. The summed E-state index contributed by atoms with van der Waals surface area (Å²) in [6.07, 6.45) is 2.36. The monoisotopic (exact) mass is 199 g/mol. The number of ether oxygens (including phenoxy) is 2. The molecule has 0 aliphatic heterocycles. The van der Waals surface area contributed by atoms with Gasteiger partial charge in [-0.3, -0.25) is 0 Å². The summed E-state index contributed by atoms with van der Waals surface area (Å²) in [5.41, 5.74) is 5.83. The van der Waals surface area contributed by atoms with Crippen molar-refractivity contribution in [2.75, 3.05) is 14.2 Å². The Bertz CT molecular complexity index is 287. The second-order valence-electron chi connectivity index (χ2n) is 2.44. The van der Waals surface area contributed by atoms with Crippen LogP contribution in [0.15, 0.2) is 23.4 Å². The Balaban J connectivity index is 4.74. The third-order valence-corrected chi connectivity index (χ3v) is 1.42. The number of rotatable bonds is 3. The van der Waals surface area contributed by atoms with Gasteiger partial charge in [0.15, 0.2) is 0 Å². The fraction of sp³-hybridized carbons (Fsp3) is 0.333. The third kappa shape index (κ3) is 3.75. The maximum Gasteiger partial charge on any atom is 0.339 e. The van der Waals surface area contributed by atoms with Crippen LogP contribution in [0.5, 0.6) is 0 Å². The van der Waals surface area contributed by atoms with E-state index in [1.54, 1.807) is 0 Å². The summed E-state index contributed by atoms with van der Waals surface area (Å²) >= 11 is 0. The highest BCUT2D eigenvalue weighted by Crippen LogP contribution is 2.03. The van der Waals surface area contributed by atoms with Crippen LogP contribution >= 0.6 is 0 Å². The van der Waals surface area contributed by atoms with E-state index in [1.165, 1.54) is 27.2 Å². The maximum absolute atomic E-state index is 11.1. The van der Waals surface area contributed by atoms with Gasteiger partial charge in [0.05, 0.1) is 19.8 Å². The molecule has 0 aromatic carbocycles. The molecule has 0 amide bonds. The Labute approximate surface area is 82.2 Å². The zero-order valence-corrected chi connectivity index (χ0v) is 8.37. The van der Waals surface area contributed by atoms with Gasteiger partial charge in [-0.25, -0.2) is 9.59 Å². The maximum atomic E-state index is 11.1. The summed E-state index contributed by atoms with van der Waals surface area (Å²) in [6, 6.07) is 0. The van der Waals surface area contributed by atoms with Crippen molar-refractivity contribution in [1.82, 2.24) is 0 Å². The molecule has 0 aliphatic carbocycles. The molecular weight excluding hydrogens is 186 g/mol. The average molecular weight is 199 g/mol. The minimum Gasteiger partial charge on any atom is -0.466 e. The van der Waals surface area contributed by atoms with Gasteiger partial charge in [-0.15, -0.1) is 0 Å². The van der Waals surface area contributed by atoms with Crippen molar-refractivity contribution in [3.8, 4) is 0 Å². The molecule has 5 nitrogen and oxygen atoms in total. The van der Waals surface area contributed by atoms with Crippen LogP contribution in [0.25, 0.3) is 0 Å². The van der Waals surface area contributed by atoms with Crippen LogP contribution in [0.2, 0.25) is 0 Å². The topological polar surface area (TPSA) is 78.6 Å². The Morgan fingerprint density at radius 1 is 1.14 bits per heavy atom. The predicted molar refractivity (Wildman–Crippen MR) is 50.1 cm³/mol. The molecule has 0 aliphatic rings. The molecule has 0 heterocycles. The number of hydrogen-bond acceptors (Lipinski definition) is 5. The first-order valence-electron chi connectivity index (χ1n) is 3.83. The Morgan fingerprint density at radius 2 is 1.71 bits per heavy atom. The number of esters is 2. The van der Waals surface area contributed by atoms with E-state index in [0.29, 0.717) is 0 Å². The van der Waals surface area contributed by atoms with Gasteiger partial charge in [0.25, 0.3) is 0 Å². The highest BCUT2D eigenvalue weighted by molar-refractivity contribution is 5.94. The first kappa shape index (κ1) is 12.2. The van der Waals surface area contributed by atoms with Gasteiger partial charge in [0.1, 0.15) is 0 Å². The summed E-state index contributed by atoms with van der Waals surface area (Å²) in [7, 11) is 2.47. The van der Waals surface area contributed by atoms with E-state index in [0.717, 1.165) is 6.08 Å². The van der Waals surface area contributed by atoms with E-state index in [2.05, 4.69) is 9.47 Å². The highest BCUT2D eigenvalue weighted by Gasteiger charge is 2.08.